The van der Waals surface area contributed by atoms with Gasteiger partial charge in [0, 0.05) is 12.8 Å². The summed E-state index contributed by atoms with van der Waals surface area (Å²) in [5.74, 6) is 1.77. The highest BCUT2D eigenvalue weighted by atomic mass is 31.2. The summed E-state index contributed by atoms with van der Waals surface area (Å²) in [6.07, 6.45) is 42.2. The zero-order chi connectivity index (χ0) is 41.4. The molecule has 2 atom stereocenters. The summed E-state index contributed by atoms with van der Waals surface area (Å²) in [7, 11) is -0.641. The van der Waals surface area contributed by atoms with Crippen LogP contribution in [0.25, 0.3) is 0 Å². The maximum Gasteiger partial charge on any atom is 0.472 e. The molecule has 10 heteroatoms. The Bertz CT molecular complexity index is 1000. The van der Waals surface area contributed by atoms with Crippen LogP contribution in [0.15, 0.2) is 0 Å². The van der Waals surface area contributed by atoms with E-state index in [4.69, 9.17) is 24.9 Å². The molecular weight excluding hydrogens is 725 g/mol. The van der Waals surface area contributed by atoms with Crippen molar-refractivity contribution in [3.63, 3.8) is 0 Å². The fraction of sp³-hybridized carbons (Fsp3) is 0.913. The second-order valence-corrected chi connectivity index (χ2v) is 18.3. The van der Waals surface area contributed by atoms with Crippen LogP contribution in [0, 0.1) is 12.3 Å². The monoisotopic (exact) mass is 815 g/mol. The quantitative estimate of drug-likeness (QED) is 0.0213. The van der Waals surface area contributed by atoms with Crippen molar-refractivity contribution < 1.29 is 42.1 Å². The largest absolute Gasteiger partial charge is 0.472 e. The molecule has 0 fully saturated rings. The molecule has 9 nitrogen and oxygen atoms in total. The zero-order valence-corrected chi connectivity index (χ0v) is 37.9. The predicted molar refractivity (Wildman–Crippen MR) is 232 cm³/mol. The Kier molecular flexibility index (Phi) is 38.1. The number of ether oxygens (including phenoxy) is 2. The van der Waals surface area contributed by atoms with Gasteiger partial charge < -0.3 is 18.9 Å². The minimum absolute atomic E-state index is 0.0413. The number of hydrogen-bond acceptors (Lipinski definition) is 7. The number of rotatable bonds is 43. The number of phosphoric acid groups is 1. The average Bonchev–Trinajstić information content (AvgIpc) is 3.15. The molecule has 0 aromatic rings. The van der Waals surface area contributed by atoms with Crippen LogP contribution in [0.3, 0.4) is 0 Å². The first-order chi connectivity index (χ1) is 27.0. The molecule has 0 rings (SSSR count). The number of nitrogens with zero attached hydrogens (tertiary/aromatic N) is 1. The minimum Gasteiger partial charge on any atom is -0.462 e. The molecule has 0 saturated carbocycles. The Morgan fingerprint density at radius 3 is 1.30 bits per heavy atom. The van der Waals surface area contributed by atoms with E-state index in [0.29, 0.717) is 24.0 Å². The SMILES string of the molecule is C#CC[N+](C)(C)CCOP(=O)(O)OC[C@@H](COC(=O)CCCCCCCCCCCCCCCCC)OC(=O)CCCCCCCCCCCCCCCCC. The minimum atomic E-state index is -4.44. The Morgan fingerprint density at radius 2 is 0.929 bits per heavy atom. The van der Waals surface area contributed by atoms with E-state index < -0.39 is 26.5 Å². The topological polar surface area (TPSA) is 108 Å². The van der Waals surface area contributed by atoms with Crippen molar-refractivity contribution in [2.75, 3.05) is 47.0 Å². The maximum absolute atomic E-state index is 12.7. The smallest absolute Gasteiger partial charge is 0.462 e. The summed E-state index contributed by atoms with van der Waals surface area (Å²) < 4.78 is 34.4. The first kappa shape index (κ1) is 54.6. The van der Waals surface area contributed by atoms with Crippen LogP contribution in [-0.2, 0) is 32.7 Å². The lowest BCUT2D eigenvalue weighted by Crippen LogP contribution is -2.42. The van der Waals surface area contributed by atoms with Crippen molar-refractivity contribution in [2.24, 2.45) is 0 Å². The lowest BCUT2D eigenvalue weighted by molar-refractivity contribution is -0.883. The van der Waals surface area contributed by atoms with Gasteiger partial charge in [0.25, 0.3) is 0 Å². The van der Waals surface area contributed by atoms with Crippen LogP contribution in [-0.4, -0.2) is 74.4 Å². The molecule has 0 bridgehead atoms. The van der Waals surface area contributed by atoms with Gasteiger partial charge in [-0.15, -0.1) is 6.42 Å². The lowest BCUT2D eigenvalue weighted by atomic mass is 10.0. The highest BCUT2D eigenvalue weighted by Crippen LogP contribution is 2.43. The van der Waals surface area contributed by atoms with E-state index in [1.54, 1.807) is 0 Å². The molecule has 0 heterocycles. The third-order valence-corrected chi connectivity index (χ3v) is 11.6. The summed E-state index contributed by atoms with van der Waals surface area (Å²) in [4.78, 5) is 35.5. The molecule has 1 N–H and O–H groups in total. The Balaban J connectivity index is 4.41. The molecule has 330 valence electrons. The second-order valence-electron chi connectivity index (χ2n) is 16.8. The molecule has 0 aromatic heterocycles. The van der Waals surface area contributed by atoms with Gasteiger partial charge in [0.05, 0.1) is 20.7 Å². The van der Waals surface area contributed by atoms with E-state index in [1.165, 1.54) is 154 Å². The number of carbonyl (C=O) groups is 2. The number of esters is 2. The van der Waals surface area contributed by atoms with Crippen LogP contribution in [0.5, 0.6) is 0 Å². The molecule has 0 aliphatic carbocycles. The van der Waals surface area contributed by atoms with Gasteiger partial charge in [-0.2, -0.15) is 0 Å². The molecule has 0 amide bonds. The van der Waals surface area contributed by atoms with Gasteiger partial charge in [-0.3, -0.25) is 18.6 Å². The summed E-state index contributed by atoms with van der Waals surface area (Å²) in [5, 5.41) is 0. The Morgan fingerprint density at radius 1 is 0.571 bits per heavy atom. The molecule has 0 aliphatic heterocycles. The van der Waals surface area contributed by atoms with Gasteiger partial charge in [0.2, 0.25) is 0 Å². The van der Waals surface area contributed by atoms with Crippen LogP contribution in [0.1, 0.15) is 219 Å². The number of likely N-dealkylation sites (N-methyl/N-ethyl adjacent to an activating group) is 1. The summed E-state index contributed by atoms with van der Waals surface area (Å²) in [6, 6.07) is 0. The fourth-order valence-electron chi connectivity index (χ4n) is 6.84. The lowest BCUT2D eigenvalue weighted by Gasteiger charge is -2.27. The van der Waals surface area contributed by atoms with Crippen LogP contribution in [0.4, 0.5) is 0 Å². The predicted octanol–water partition coefficient (Wildman–Crippen LogP) is 12.8. The van der Waals surface area contributed by atoms with Gasteiger partial charge in [-0.1, -0.05) is 194 Å². The number of quaternary nitrogens is 1. The second kappa shape index (κ2) is 39.1. The standard InChI is InChI=1S/C46H88NO8P/c1-6-9-11-13-15-17-19-21-23-25-27-29-31-33-35-37-45(48)52-42-44(43-54-56(50,51)53-41-40-47(4,5)39-8-3)55-46(49)38-36-34-32-30-28-26-24-22-20-18-16-14-12-10-7-2/h3,44H,6-7,9-43H2,1-2,4-5H3/p+1/t44-/m1/s1. The summed E-state index contributed by atoms with van der Waals surface area (Å²) >= 11 is 0. The van der Waals surface area contributed by atoms with Gasteiger partial charge in [0.15, 0.2) is 6.10 Å². The molecule has 0 spiro atoms. The van der Waals surface area contributed by atoms with Crippen molar-refractivity contribution in [3.8, 4) is 12.3 Å². The highest BCUT2D eigenvalue weighted by Gasteiger charge is 2.27. The van der Waals surface area contributed by atoms with Gasteiger partial charge in [-0.05, 0) is 18.8 Å². The normalized spacial score (nSPS) is 13.3. The molecular formula is C46H89NO8P+. The molecule has 0 aliphatic rings. The van der Waals surface area contributed by atoms with Crippen molar-refractivity contribution in [1.82, 2.24) is 0 Å². The Labute approximate surface area is 345 Å². The van der Waals surface area contributed by atoms with E-state index in [2.05, 4.69) is 19.8 Å². The summed E-state index contributed by atoms with van der Waals surface area (Å²) in [5.41, 5.74) is 0. The Hall–Kier alpha value is -1.43. The van der Waals surface area contributed by atoms with Crippen LogP contribution in [0.2, 0.25) is 0 Å². The average molecular weight is 815 g/mol. The van der Waals surface area contributed by atoms with Crippen molar-refractivity contribution in [2.45, 2.75) is 225 Å². The van der Waals surface area contributed by atoms with Crippen molar-refractivity contribution in [3.05, 3.63) is 0 Å². The van der Waals surface area contributed by atoms with E-state index in [9.17, 15) is 19.0 Å². The molecule has 0 radical (unpaired) electrons. The first-order valence-corrected chi connectivity index (χ1v) is 24.8. The van der Waals surface area contributed by atoms with Crippen LogP contribution >= 0.6 is 7.82 Å². The molecule has 1 unspecified atom stereocenters. The van der Waals surface area contributed by atoms with Crippen molar-refractivity contribution >= 4 is 19.8 Å². The van der Waals surface area contributed by atoms with E-state index in [-0.39, 0.29) is 32.0 Å². The highest BCUT2D eigenvalue weighted by molar-refractivity contribution is 7.47. The number of terminal acetylenes is 1. The first-order valence-electron chi connectivity index (χ1n) is 23.3. The fourth-order valence-corrected chi connectivity index (χ4v) is 7.59. The van der Waals surface area contributed by atoms with Crippen LogP contribution < -0.4 is 0 Å². The molecule has 0 aromatic carbocycles. The summed E-state index contributed by atoms with van der Waals surface area (Å²) in [6.45, 7) is 4.67. The third kappa shape index (κ3) is 39.4. The zero-order valence-electron chi connectivity index (χ0n) is 37.0. The molecule has 56 heavy (non-hydrogen) atoms. The molecule has 0 saturated heterocycles. The van der Waals surface area contributed by atoms with Crippen molar-refractivity contribution in [1.29, 1.82) is 0 Å². The maximum atomic E-state index is 12.7. The number of phosphoric ester groups is 1. The van der Waals surface area contributed by atoms with E-state index in [0.717, 1.165) is 32.1 Å². The number of carbonyl (C=O) groups excluding carboxylic acids is 2. The third-order valence-electron chi connectivity index (χ3n) is 10.6. The van der Waals surface area contributed by atoms with Gasteiger partial charge >= 0.3 is 19.8 Å². The van der Waals surface area contributed by atoms with Gasteiger partial charge in [-0.25, -0.2) is 4.57 Å². The number of unbranched alkanes of at least 4 members (excludes halogenated alkanes) is 28. The number of hydrogen-bond donors (Lipinski definition) is 1. The van der Waals surface area contributed by atoms with E-state index >= 15 is 0 Å². The van der Waals surface area contributed by atoms with E-state index in [1.807, 2.05) is 14.1 Å². The van der Waals surface area contributed by atoms with Gasteiger partial charge in [0.1, 0.15) is 26.3 Å².